The molecule has 1 aromatic carbocycles. The first kappa shape index (κ1) is 19.7. The second-order valence-electron chi connectivity index (χ2n) is 5.97. The Morgan fingerprint density at radius 1 is 1.38 bits per heavy atom. The number of nitrogens with one attached hydrogen (secondary N) is 1. The van der Waals surface area contributed by atoms with Crippen LogP contribution in [0.1, 0.15) is 31.9 Å². The van der Waals surface area contributed by atoms with Gasteiger partial charge in [0.25, 0.3) is 0 Å². The highest BCUT2D eigenvalue weighted by Crippen LogP contribution is 2.28. The van der Waals surface area contributed by atoms with Gasteiger partial charge >= 0.3 is 5.97 Å². The number of nitrogens with zero attached hydrogens (tertiary/aromatic N) is 1. The van der Waals surface area contributed by atoms with Gasteiger partial charge < -0.3 is 24.8 Å². The molecule has 8 nitrogen and oxygen atoms in total. The van der Waals surface area contributed by atoms with Gasteiger partial charge in [-0.25, -0.2) is 4.79 Å². The van der Waals surface area contributed by atoms with E-state index in [-0.39, 0.29) is 31.4 Å². The van der Waals surface area contributed by atoms with Crippen molar-refractivity contribution < 1.29 is 29.0 Å². The molecule has 1 aliphatic rings. The molecule has 8 heteroatoms. The number of hydrogen-bond donors (Lipinski definition) is 2. The summed E-state index contributed by atoms with van der Waals surface area (Å²) in [5.74, 6) is -1.00. The van der Waals surface area contributed by atoms with Gasteiger partial charge in [0.15, 0.2) is 6.10 Å². The van der Waals surface area contributed by atoms with E-state index >= 15 is 0 Å². The lowest BCUT2D eigenvalue weighted by Gasteiger charge is -2.32. The number of carbonyl (C=O) groups is 3. The van der Waals surface area contributed by atoms with Crippen LogP contribution in [0.15, 0.2) is 24.3 Å². The standard InChI is InChI=1S/C18H24N2O6/c1-3-25-15-7-5-4-6-13(15)14(19-12(2)21)10-17(22)20-8-9-26-16(11-20)18(23)24/h4-7,14,16H,3,8-11H2,1-2H3,(H,19,21)(H,23,24)/t14-,16-/m0/s1. The van der Waals surface area contributed by atoms with E-state index in [4.69, 9.17) is 14.6 Å². The topological polar surface area (TPSA) is 105 Å². The molecule has 1 aliphatic heterocycles. The Hall–Kier alpha value is -2.61. The fraction of sp³-hybridized carbons (Fsp3) is 0.500. The summed E-state index contributed by atoms with van der Waals surface area (Å²) in [4.78, 5) is 36.9. The molecule has 0 aromatic heterocycles. The van der Waals surface area contributed by atoms with Crippen molar-refractivity contribution in [1.29, 1.82) is 0 Å². The minimum Gasteiger partial charge on any atom is -0.494 e. The average molecular weight is 364 g/mol. The predicted octanol–water partition coefficient (Wildman–Crippen LogP) is 0.965. The van der Waals surface area contributed by atoms with Crippen LogP contribution in [0.3, 0.4) is 0 Å². The van der Waals surface area contributed by atoms with Gasteiger partial charge in [-0.15, -0.1) is 0 Å². The van der Waals surface area contributed by atoms with Gasteiger partial charge in [-0.1, -0.05) is 18.2 Å². The maximum absolute atomic E-state index is 12.7. The quantitative estimate of drug-likeness (QED) is 0.747. The van der Waals surface area contributed by atoms with Gasteiger partial charge in [0, 0.05) is 19.0 Å². The molecular formula is C18H24N2O6. The molecular weight excluding hydrogens is 340 g/mol. The minimum atomic E-state index is -1.09. The minimum absolute atomic E-state index is 0.00589. The number of amides is 2. The van der Waals surface area contributed by atoms with Crippen LogP contribution in [0.2, 0.25) is 0 Å². The molecule has 142 valence electrons. The van der Waals surface area contributed by atoms with E-state index < -0.39 is 18.1 Å². The van der Waals surface area contributed by atoms with Crippen LogP contribution < -0.4 is 10.1 Å². The SMILES string of the molecule is CCOc1ccccc1[C@H](CC(=O)N1CCO[C@H](C(=O)O)C1)NC(C)=O. The molecule has 26 heavy (non-hydrogen) atoms. The number of aliphatic carboxylic acids is 1. The summed E-state index contributed by atoms with van der Waals surface area (Å²) >= 11 is 0. The first-order valence-electron chi connectivity index (χ1n) is 8.53. The number of morpholine rings is 1. The fourth-order valence-electron chi connectivity index (χ4n) is 2.87. The van der Waals surface area contributed by atoms with E-state index in [0.29, 0.717) is 24.5 Å². The van der Waals surface area contributed by atoms with Crippen LogP contribution in [-0.2, 0) is 19.1 Å². The summed E-state index contributed by atoms with van der Waals surface area (Å²) in [7, 11) is 0. The summed E-state index contributed by atoms with van der Waals surface area (Å²) in [6.07, 6.45) is -1.02. The molecule has 0 aliphatic carbocycles. The number of hydrogen-bond acceptors (Lipinski definition) is 5. The van der Waals surface area contributed by atoms with Crippen LogP contribution in [0.25, 0.3) is 0 Å². The zero-order valence-electron chi connectivity index (χ0n) is 14.9. The number of rotatable bonds is 7. The van der Waals surface area contributed by atoms with E-state index in [1.54, 1.807) is 12.1 Å². The molecule has 2 atom stereocenters. The smallest absolute Gasteiger partial charge is 0.334 e. The van der Waals surface area contributed by atoms with Crippen molar-refractivity contribution in [3.8, 4) is 5.75 Å². The molecule has 0 spiro atoms. The molecule has 2 amide bonds. The molecule has 2 rings (SSSR count). The maximum Gasteiger partial charge on any atom is 0.334 e. The van der Waals surface area contributed by atoms with Gasteiger partial charge in [-0.3, -0.25) is 9.59 Å². The number of carboxylic acids is 1. The summed E-state index contributed by atoms with van der Waals surface area (Å²) in [5.41, 5.74) is 0.709. The molecule has 0 bridgehead atoms. The third kappa shape index (κ3) is 5.19. The van der Waals surface area contributed by atoms with Crippen LogP contribution in [0.4, 0.5) is 0 Å². The molecule has 1 aromatic rings. The summed E-state index contributed by atoms with van der Waals surface area (Å²) in [6, 6.07) is 6.66. The summed E-state index contributed by atoms with van der Waals surface area (Å²) < 4.78 is 10.7. The Labute approximate surface area is 152 Å². The number of carboxylic acid groups (broad SMARTS) is 1. The van der Waals surface area contributed by atoms with Gasteiger partial charge in [-0.05, 0) is 13.0 Å². The zero-order valence-corrected chi connectivity index (χ0v) is 14.9. The van der Waals surface area contributed by atoms with E-state index in [0.717, 1.165) is 0 Å². The van der Waals surface area contributed by atoms with Crippen molar-refractivity contribution in [2.75, 3.05) is 26.3 Å². The van der Waals surface area contributed by atoms with Crippen molar-refractivity contribution in [3.05, 3.63) is 29.8 Å². The van der Waals surface area contributed by atoms with Crippen molar-refractivity contribution in [3.63, 3.8) is 0 Å². The lowest BCUT2D eigenvalue weighted by Crippen LogP contribution is -2.49. The van der Waals surface area contributed by atoms with E-state index in [1.807, 2.05) is 19.1 Å². The lowest BCUT2D eigenvalue weighted by atomic mass is 10.0. The van der Waals surface area contributed by atoms with E-state index in [9.17, 15) is 14.4 Å². The van der Waals surface area contributed by atoms with Crippen molar-refractivity contribution in [2.24, 2.45) is 0 Å². The van der Waals surface area contributed by atoms with Crippen molar-refractivity contribution in [2.45, 2.75) is 32.4 Å². The summed E-state index contributed by atoms with van der Waals surface area (Å²) in [6.45, 7) is 4.19. The molecule has 0 radical (unpaired) electrons. The Balaban J connectivity index is 2.16. The highest BCUT2D eigenvalue weighted by atomic mass is 16.5. The number of carbonyl (C=O) groups excluding carboxylic acids is 2. The van der Waals surface area contributed by atoms with Crippen molar-refractivity contribution in [1.82, 2.24) is 10.2 Å². The Kier molecular flexibility index (Phi) is 6.97. The third-order valence-electron chi connectivity index (χ3n) is 4.05. The van der Waals surface area contributed by atoms with E-state index in [1.165, 1.54) is 11.8 Å². The van der Waals surface area contributed by atoms with Crippen LogP contribution in [0, 0.1) is 0 Å². The molecule has 0 saturated carbocycles. The highest BCUT2D eigenvalue weighted by Gasteiger charge is 2.31. The zero-order chi connectivity index (χ0) is 19.1. The Bertz CT molecular complexity index is 663. The molecule has 1 fully saturated rings. The second-order valence-corrected chi connectivity index (χ2v) is 5.97. The second kappa shape index (κ2) is 9.19. The molecule has 1 saturated heterocycles. The number of benzene rings is 1. The first-order chi connectivity index (χ1) is 12.4. The maximum atomic E-state index is 12.7. The third-order valence-corrected chi connectivity index (χ3v) is 4.05. The monoisotopic (exact) mass is 364 g/mol. The van der Waals surface area contributed by atoms with E-state index in [2.05, 4.69) is 5.32 Å². The molecule has 0 unspecified atom stereocenters. The molecule has 2 N–H and O–H groups in total. The average Bonchev–Trinajstić information content (AvgIpc) is 2.61. The van der Waals surface area contributed by atoms with Crippen LogP contribution >= 0.6 is 0 Å². The van der Waals surface area contributed by atoms with Gasteiger partial charge in [-0.2, -0.15) is 0 Å². The lowest BCUT2D eigenvalue weighted by molar-refractivity contribution is -0.159. The normalized spacial score (nSPS) is 18.1. The number of ether oxygens (including phenoxy) is 2. The molecule has 1 heterocycles. The predicted molar refractivity (Wildman–Crippen MR) is 92.7 cm³/mol. The Morgan fingerprint density at radius 2 is 2.12 bits per heavy atom. The van der Waals surface area contributed by atoms with Crippen LogP contribution in [-0.4, -0.2) is 60.2 Å². The summed E-state index contributed by atoms with van der Waals surface area (Å²) in [5, 5.41) is 11.9. The largest absolute Gasteiger partial charge is 0.494 e. The number of para-hydroxylation sites is 1. The fourth-order valence-corrected chi connectivity index (χ4v) is 2.87. The van der Waals surface area contributed by atoms with Gasteiger partial charge in [0.2, 0.25) is 11.8 Å². The Morgan fingerprint density at radius 3 is 2.77 bits per heavy atom. The van der Waals surface area contributed by atoms with Crippen molar-refractivity contribution >= 4 is 17.8 Å². The highest BCUT2D eigenvalue weighted by molar-refractivity contribution is 5.81. The van der Waals surface area contributed by atoms with Gasteiger partial charge in [0.1, 0.15) is 5.75 Å². The van der Waals surface area contributed by atoms with Crippen LogP contribution in [0.5, 0.6) is 5.75 Å². The first-order valence-corrected chi connectivity index (χ1v) is 8.53. The van der Waals surface area contributed by atoms with Gasteiger partial charge in [0.05, 0.1) is 32.2 Å².